The molecule has 0 saturated carbocycles. The zero-order valence-electron chi connectivity index (χ0n) is 13.5. The highest BCUT2D eigenvalue weighted by molar-refractivity contribution is 5.93. The van der Waals surface area contributed by atoms with Gasteiger partial charge in [-0.15, -0.1) is 4.91 Å². The minimum atomic E-state index is -0.992. The highest BCUT2D eigenvalue weighted by atomic mass is 16.6. The van der Waals surface area contributed by atoms with E-state index in [0.29, 0.717) is 18.9 Å². The first-order valence-corrected chi connectivity index (χ1v) is 7.19. The summed E-state index contributed by atoms with van der Waals surface area (Å²) in [5.41, 5.74) is -0.620. The van der Waals surface area contributed by atoms with Crippen molar-refractivity contribution in [1.29, 1.82) is 0 Å². The number of nitrogens with one attached hydrogen (secondary N) is 2. The van der Waals surface area contributed by atoms with Gasteiger partial charge in [0.05, 0.1) is 13.1 Å². The Morgan fingerprint density at radius 1 is 1.33 bits per heavy atom. The van der Waals surface area contributed by atoms with Crippen molar-refractivity contribution in [2.75, 3.05) is 23.3 Å². The number of hydrogen-bond acceptors (Lipinski definition) is 6. The Labute approximate surface area is 137 Å². The second-order valence-corrected chi connectivity index (χ2v) is 6.04. The Kier molecular flexibility index (Phi) is 4.81. The first kappa shape index (κ1) is 17.4. The second kappa shape index (κ2) is 6.64. The maximum atomic E-state index is 12.2. The average molecular weight is 338 g/mol. The summed E-state index contributed by atoms with van der Waals surface area (Å²) >= 11 is 0. The number of ether oxygens (including phenoxy) is 1. The van der Waals surface area contributed by atoms with Crippen molar-refractivity contribution < 1.29 is 19.1 Å². The zero-order valence-corrected chi connectivity index (χ0v) is 13.5. The van der Waals surface area contributed by atoms with Crippen LogP contribution in [0.25, 0.3) is 0 Å². The number of amides is 4. The minimum absolute atomic E-state index is 0.197. The van der Waals surface area contributed by atoms with E-state index >= 15 is 0 Å². The molecule has 2 rings (SSSR count). The van der Waals surface area contributed by atoms with Gasteiger partial charge in [-0.05, 0) is 20.8 Å². The van der Waals surface area contributed by atoms with Gasteiger partial charge in [0.25, 0.3) is 0 Å². The fourth-order valence-corrected chi connectivity index (χ4v) is 2.01. The van der Waals surface area contributed by atoms with Gasteiger partial charge in [-0.25, -0.2) is 14.3 Å². The van der Waals surface area contributed by atoms with Crippen LogP contribution in [0.1, 0.15) is 20.8 Å². The summed E-state index contributed by atoms with van der Waals surface area (Å²) in [6.45, 7) is 5.68. The lowest BCUT2D eigenvalue weighted by Gasteiger charge is -2.23. The average Bonchev–Trinajstić information content (AvgIpc) is 3.02. The predicted octanol–water partition coefficient (Wildman–Crippen LogP) is 1.05. The molecule has 11 nitrogen and oxygen atoms in total. The zero-order chi connectivity index (χ0) is 17.9. The third kappa shape index (κ3) is 4.27. The highest BCUT2D eigenvalue weighted by Gasteiger charge is 2.30. The van der Waals surface area contributed by atoms with Gasteiger partial charge in [-0.3, -0.25) is 15.0 Å². The third-order valence-corrected chi connectivity index (χ3v) is 2.93. The molecular weight excluding hydrogens is 320 g/mol. The standard InChI is InChI=1S/C13H18N6O5/c1-13(2,3)24-12(22)18-4-5-19-10(18)6-8(16-19)15-11(21)14-7-9(20)17-23/h6H,4-5,7H2,1-3H3,(H2,14,15,16,21). The fraction of sp³-hybridized carbons (Fsp3) is 0.538. The largest absolute Gasteiger partial charge is 0.443 e. The number of nitroso groups, excluding NO2 is 1. The molecule has 0 radical (unpaired) electrons. The quantitative estimate of drug-likeness (QED) is 0.791. The first-order valence-electron chi connectivity index (χ1n) is 7.19. The van der Waals surface area contributed by atoms with Crippen molar-refractivity contribution in [3.05, 3.63) is 11.0 Å². The van der Waals surface area contributed by atoms with Crippen molar-refractivity contribution in [3.63, 3.8) is 0 Å². The van der Waals surface area contributed by atoms with E-state index in [2.05, 4.69) is 20.9 Å². The van der Waals surface area contributed by atoms with Crippen LogP contribution in [0.15, 0.2) is 11.2 Å². The van der Waals surface area contributed by atoms with Crippen LogP contribution in [-0.4, -0.2) is 46.5 Å². The Bertz CT molecular complexity index is 677. The van der Waals surface area contributed by atoms with Gasteiger partial charge < -0.3 is 10.1 Å². The molecule has 1 aromatic rings. The fourth-order valence-electron chi connectivity index (χ4n) is 2.01. The summed E-state index contributed by atoms with van der Waals surface area (Å²) in [5, 5.41) is 10.9. The lowest BCUT2D eigenvalue weighted by atomic mass is 10.2. The molecule has 0 aromatic carbocycles. The van der Waals surface area contributed by atoms with Crippen molar-refractivity contribution in [1.82, 2.24) is 15.1 Å². The van der Waals surface area contributed by atoms with E-state index in [0.717, 1.165) is 0 Å². The topological polar surface area (TPSA) is 135 Å². The van der Waals surface area contributed by atoms with E-state index in [-0.39, 0.29) is 5.82 Å². The summed E-state index contributed by atoms with van der Waals surface area (Å²) in [7, 11) is 0. The number of fused-ring (bicyclic) bond motifs is 1. The highest BCUT2D eigenvalue weighted by Crippen LogP contribution is 2.26. The molecule has 1 aliphatic heterocycles. The van der Waals surface area contributed by atoms with Crippen LogP contribution in [0.2, 0.25) is 0 Å². The smallest absolute Gasteiger partial charge is 0.416 e. The molecule has 2 heterocycles. The molecule has 2 N–H and O–H groups in total. The molecule has 0 unspecified atom stereocenters. The molecule has 130 valence electrons. The summed E-state index contributed by atoms with van der Waals surface area (Å²) < 4.78 is 6.87. The Morgan fingerprint density at radius 2 is 2.04 bits per heavy atom. The Morgan fingerprint density at radius 3 is 2.67 bits per heavy atom. The van der Waals surface area contributed by atoms with Crippen LogP contribution >= 0.6 is 0 Å². The predicted molar refractivity (Wildman–Crippen MR) is 83.6 cm³/mol. The number of nitrogens with zero attached hydrogens (tertiary/aromatic N) is 4. The summed E-state index contributed by atoms with van der Waals surface area (Å²) in [6.07, 6.45) is -0.500. The van der Waals surface area contributed by atoms with Crippen molar-refractivity contribution in [3.8, 4) is 0 Å². The molecule has 11 heteroatoms. The van der Waals surface area contributed by atoms with Gasteiger partial charge in [-0.1, -0.05) is 0 Å². The van der Waals surface area contributed by atoms with E-state index in [4.69, 9.17) is 4.74 Å². The SMILES string of the molecule is CC(C)(C)OC(=O)N1CCn2nc(NC(=O)NCC(=O)N=O)cc21. The normalized spacial score (nSPS) is 13.2. The van der Waals surface area contributed by atoms with E-state index in [9.17, 15) is 19.3 Å². The van der Waals surface area contributed by atoms with Crippen molar-refractivity contribution >= 4 is 29.7 Å². The number of carbonyl (C=O) groups is 3. The third-order valence-electron chi connectivity index (χ3n) is 2.93. The maximum Gasteiger partial charge on any atom is 0.416 e. The second-order valence-electron chi connectivity index (χ2n) is 6.04. The van der Waals surface area contributed by atoms with E-state index in [1.807, 2.05) is 0 Å². The minimum Gasteiger partial charge on any atom is -0.443 e. The number of carbonyl (C=O) groups excluding carboxylic acids is 3. The molecule has 1 aliphatic rings. The van der Waals surface area contributed by atoms with Crippen molar-refractivity contribution in [2.24, 2.45) is 5.18 Å². The van der Waals surface area contributed by atoms with Crippen LogP contribution in [-0.2, 0) is 16.1 Å². The molecule has 0 spiro atoms. The molecule has 4 amide bonds. The molecule has 1 aromatic heterocycles. The van der Waals surface area contributed by atoms with E-state index in [1.54, 1.807) is 25.5 Å². The van der Waals surface area contributed by atoms with Gasteiger partial charge in [0.15, 0.2) is 5.82 Å². The molecule has 24 heavy (non-hydrogen) atoms. The molecule has 0 atom stereocenters. The summed E-state index contributed by atoms with van der Waals surface area (Å²) in [4.78, 5) is 45.8. The van der Waals surface area contributed by atoms with Crippen LogP contribution in [0, 0.1) is 4.91 Å². The van der Waals surface area contributed by atoms with Crippen LogP contribution in [0.3, 0.4) is 0 Å². The lowest BCUT2D eigenvalue weighted by Crippen LogP contribution is -2.35. The maximum absolute atomic E-state index is 12.2. The molecule has 0 bridgehead atoms. The van der Waals surface area contributed by atoms with Gasteiger partial charge >= 0.3 is 18.0 Å². The van der Waals surface area contributed by atoms with Gasteiger partial charge in [0, 0.05) is 11.2 Å². The molecule has 0 aliphatic carbocycles. The van der Waals surface area contributed by atoms with Gasteiger partial charge in [0.1, 0.15) is 18.0 Å². The number of aromatic nitrogens is 2. The molecular formula is C13H18N6O5. The number of hydrogen-bond donors (Lipinski definition) is 2. The summed E-state index contributed by atoms with van der Waals surface area (Å²) in [6, 6.07) is 0.795. The van der Waals surface area contributed by atoms with Crippen LogP contribution in [0.5, 0.6) is 0 Å². The first-order chi connectivity index (χ1) is 11.2. The molecule has 0 fully saturated rings. The Balaban J connectivity index is 1.99. The lowest BCUT2D eigenvalue weighted by molar-refractivity contribution is -0.116. The summed E-state index contributed by atoms with van der Waals surface area (Å²) in [5.74, 6) is -0.305. The van der Waals surface area contributed by atoms with E-state index < -0.39 is 30.2 Å². The van der Waals surface area contributed by atoms with Gasteiger partial charge in [0.2, 0.25) is 0 Å². The Hall–Kier alpha value is -2.98. The number of urea groups is 1. The monoisotopic (exact) mass is 338 g/mol. The number of anilines is 2. The molecule has 0 saturated heterocycles. The van der Waals surface area contributed by atoms with Crippen LogP contribution < -0.4 is 15.5 Å². The van der Waals surface area contributed by atoms with Crippen molar-refractivity contribution in [2.45, 2.75) is 32.9 Å². The number of rotatable bonds is 3. The van der Waals surface area contributed by atoms with E-state index in [1.165, 1.54) is 11.0 Å². The van der Waals surface area contributed by atoms with Crippen LogP contribution in [0.4, 0.5) is 21.2 Å². The van der Waals surface area contributed by atoms with Gasteiger partial charge in [-0.2, -0.15) is 5.10 Å².